The highest BCUT2D eigenvalue weighted by Crippen LogP contribution is 2.28. The summed E-state index contributed by atoms with van der Waals surface area (Å²) in [5.41, 5.74) is 0.178. The van der Waals surface area contributed by atoms with Crippen LogP contribution in [-0.2, 0) is 4.74 Å². The molecule has 11 heavy (non-hydrogen) atoms. The Labute approximate surface area is 69.6 Å². The van der Waals surface area contributed by atoms with Crippen LogP contribution in [0.15, 0.2) is 0 Å². The molecule has 0 aliphatic carbocycles. The van der Waals surface area contributed by atoms with Crippen LogP contribution in [0.5, 0.6) is 0 Å². The average molecular weight is 160 g/mol. The zero-order valence-corrected chi connectivity index (χ0v) is 8.05. The molecule has 2 nitrogen and oxygen atoms in total. The van der Waals surface area contributed by atoms with Gasteiger partial charge in [0, 0.05) is 13.7 Å². The molecule has 0 spiro atoms. The van der Waals surface area contributed by atoms with E-state index in [0.717, 1.165) is 12.8 Å². The van der Waals surface area contributed by atoms with Gasteiger partial charge in [-0.15, -0.1) is 0 Å². The Kier molecular flexibility index (Phi) is 4.69. The lowest BCUT2D eigenvalue weighted by molar-refractivity contribution is -0.0108. The van der Waals surface area contributed by atoms with Gasteiger partial charge in [-0.2, -0.15) is 0 Å². The maximum atomic E-state index is 8.75. The van der Waals surface area contributed by atoms with Crippen molar-refractivity contribution < 1.29 is 9.84 Å². The van der Waals surface area contributed by atoms with Crippen molar-refractivity contribution in [2.75, 3.05) is 13.7 Å². The highest BCUT2D eigenvalue weighted by molar-refractivity contribution is 4.77. The first-order chi connectivity index (χ1) is 5.08. The summed E-state index contributed by atoms with van der Waals surface area (Å²) in [4.78, 5) is 0. The standard InChI is InChI=1S/C9H20O2/c1-5-9(2,3)8(11-4)6-7-10/h8,10H,5-7H2,1-4H3. The van der Waals surface area contributed by atoms with E-state index in [9.17, 15) is 0 Å². The second-order valence-electron chi connectivity index (χ2n) is 3.58. The molecule has 2 heteroatoms. The lowest BCUT2D eigenvalue weighted by atomic mass is 9.82. The van der Waals surface area contributed by atoms with Crippen LogP contribution in [0, 0.1) is 5.41 Å². The van der Waals surface area contributed by atoms with Crippen molar-refractivity contribution in [2.45, 2.75) is 39.7 Å². The van der Waals surface area contributed by atoms with Crippen molar-refractivity contribution in [3.8, 4) is 0 Å². The predicted molar refractivity (Wildman–Crippen MR) is 46.6 cm³/mol. The molecule has 0 heterocycles. The van der Waals surface area contributed by atoms with Gasteiger partial charge in [-0.05, 0) is 18.3 Å². The Morgan fingerprint density at radius 3 is 2.27 bits per heavy atom. The minimum absolute atomic E-state index is 0.178. The summed E-state index contributed by atoms with van der Waals surface area (Å²) in [6.07, 6.45) is 1.99. The fourth-order valence-electron chi connectivity index (χ4n) is 1.17. The van der Waals surface area contributed by atoms with Gasteiger partial charge in [0.15, 0.2) is 0 Å². The summed E-state index contributed by atoms with van der Waals surface area (Å²) in [5.74, 6) is 0. The van der Waals surface area contributed by atoms with Crippen molar-refractivity contribution in [3.05, 3.63) is 0 Å². The van der Waals surface area contributed by atoms with Gasteiger partial charge in [-0.3, -0.25) is 0 Å². The van der Waals surface area contributed by atoms with Crippen LogP contribution in [-0.4, -0.2) is 24.9 Å². The quantitative estimate of drug-likeness (QED) is 0.664. The zero-order chi connectivity index (χ0) is 8.91. The van der Waals surface area contributed by atoms with E-state index >= 15 is 0 Å². The molecule has 0 rings (SSSR count). The number of hydrogen-bond acceptors (Lipinski definition) is 2. The van der Waals surface area contributed by atoms with Gasteiger partial charge in [0.05, 0.1) is 6.10 Å². The van der Waals surface area contributed by atoms with E-state index < -0.39 is 0 Å². The van der Waals surface area contributed by atoms with Crippen LogP contribution >= 0.6 is 0 Å². The van der Waals surface area contributed by atoms with E-state index in [0.29, 0.717) is 0 Å². The Bertz CT molecular complexity index is 99.7. The maximum absolute atomic E-state index is 8.75. The van der Waals surface area contributed by atoms with E-state index in [1.807, 2.05) is 0 Å². The van der Waals surface area contributed by atoms with Gasteiger partial charge in [-0.1, -0.05) is 20.8 Å². The van der Waals surface area contributed by atoms with Crippen molar-refractivity contribution >= 4 is 0 Å². The molecule has 0 saturated heterocycles. The van der Waals surface area contributed by atoms with Crippen molar-refractivity contribution in [1.82, 2.24) is 0 Å². The Balaban J connectivity index is 3.99. The van der Waals surface area contributed by atoms with Crippen molar-refractivity contribution in [2.24, 2.45) is 5.41 Å². The van der Waals surface area contributed by atoms with Gasteiger partial charge < -0.3 is 9.84 Å². The third kappa shape index (κ3) is 3.21. The summed E-state index contributed by atoms with van der Waals surface area (Å²) in [6.45, 7) is 6.68. The number of rotatable bonds is 5. The first-order valence-electron chi connectivity index (χ1n) is 4.22. The van der Waals surface area contributed by atoms with Crippen molar-refractivity contribution in [1.29, 1.82) is 0 Å². The highest BCUT2D eigenvalue weighted by atomic mass is 16.5. The second kappa shape index (κ2) is 4.73. The molecule has 0 fully saturated rings. The number of hydrogen-bond donors (Lipinski definition) is 1. The maximum Gasteiger partial charge on any atom is 0.0643 e. The Morgan fingerprint density at radius 2 is 2.00 bits per heavy atom. The molecular weight excluding hydrogens is 140 g/mol. The monoisotopic (exact) mass is 160 g/mol. The van der Waals surface area contributed by atoms with Crippen LogP contribution in [0.2, 0.25) is 0 Å². The van der Waals surface area contributed by atoms with Crippen LogP contribution in [0.25, 0.3) is 0 Å². The largest absolute Gasteiger partial charge is 0.396 e. The van der Waals surface area contributed by atoms with Crippen LogP contribution < -0.4 is 0 Å². The minimum Gasteiger partial charge on any atom is -0.396 e. The highest BCUT2D eigenvalue weighted by Gasteiger charge is 2.26. The third-order valence-corrected chi connectivity index (χ3v) is 2.46. The molecular formula is C9H20O2. The van der Waals surface area contributed by atoms with E-state index in [1.54, 1.807) is 7.11 Å². The summed E-state index contributed by atoms with van der Waals surface area (Å²) in [5, 5.41) is 8.75. The molecule has 0 aromatic carbocycles. The number of aliphatic hydroxyl groups excluding tert-OH is 1. The molecule has 0 aromatic heterocycles. The van der Waals surface area contributed by atoms with Gasteiger partial charge in [0.1, 0.15) is 0 Å². The first-order valence-corrected chi connectivity index (χ1v) is 4.22. The van der Waals surface area contributed by atoms with E-state index in [1.165, 1.54) is 0 Å². The molecule has 0 aliphatic heterocycles. The summed E-state index contributed by atoms with van der Waals surface area (Å²) < 4.78 is 5.29. The molecule has 68 valence electrons. The van der Waals surface area contributed by atoms with Gasteiger partial charge >= 0.3 is 0 Å². The minimum atomic E-state index is 0.178. The lowest BCUT2D eigenvalue weighted by Gasteiger charge is -2.31. The first kappa shape index (κ1) is 10.9. The molecule has 0 aliphatic rings. The number of methoxy groups -OCH3 is 1. The zero-order valence-electron chi connectivity index (χ0n) is 8.05. The van der Waals surface area contributed by atoms with Gasteiger partial charge in [0.25, 0.3) is 0 Å². The SMILES string of the molecule is CCC(C)(C)C(CCO)OC. The van der Waals surface area contributed by atoms with Crippen LogP contribution in [0.4, 0.5) is 0 Å². The van der Waals surface area contributed by atoms with E-state index in [2.05, 4.69) is 20.8 Å². The lowest BCUT2D eigenvalue weighted by Crippen LogP contribution is -2.31. The van der Waals surface area contributed by atoms with Crippen LogP contribution in [0.1, 0.15) is 33.6 Å². The number of ether oxygens (including phenoxy) is 1. The predicted octanol–water partition coefficient (Wildman–Crippen LogP) is 1.82. The topological polar surface area (TPSA) is 29.5 Å². The molecule has 0 saturated carbocycles. The van der Waals surface area contributed by atoms with Gasteiger partial charge in [-0.25, -0.2) is 0 Å². The second-order valence-corrected chi connectivity index (χ2v) is 3.58. The molecule has 0 amide bonds. The Hall–Kier alpha value is -0.0800. The van der Waals surface area contributed by atoms with Gasteiger partial charge in [0.2, 0.25) is 0 Å². The van der Waals surface area contributed by atoms with Crippen LogP contribution in [0.3, 0.4) is 0 Å². The fraction of sp³-hybridized carbons (Fsp3) is 1.00. The average Bonchev–Trinajstić information content (AvgIpc) is 2.00. The summed E-state index contributed by atoms with van der Waals surface area (Å²) in [7, 11) is 1.71. The molecule has 0 bridgehead atoms. The third-order valence-electron chi connectivity index (χ3n) is 2.46. The smallest absolute Gasteiger partial charge is 0.0643 e. The van der Waals surface area contributed by atoms with E-state index in [-0.39, 0.29) is 18.1 Å². The molecule has 1 N–H and O–H groups in total. The summed E-state index contributed by atoms with van der Waals surface area (Å²) in [6, 6.07) is 0. The Morgan fingerprint density at radius 1 is 1.45 bits per heavy atom. The molecule has 0 radical (unpaired) electrons. The summed E-state index contributed by atoms with van der Waals surface area (Å²) >= 11 is 0. The molecule has 1 atom stereocenters. The van der Waals surface area contributed by atoms with Crippen molar-refractivity contribution in [3.63, 3.8) is 0 Å². The van der Waals surface area contributed by atoms with E-state index in [4.69, 9.17) is 9.84 Å². The molecule has 1 unspecified atom stereocenters. The number of aliphatic hydroxyl groups is 1. The fourth-order valence-corrected chi connectivity index (χ4v) is 1.17. The molecule has 0 aromatic rings. The normalized spacial score (nSPS) is 15.0.